The summed E-state index contributed by atoms with van der Waals surface area (Å²) >= 11 is 3.36. The van der Waals surface area contributed by atoms with Crippen molar-refractivity contribution in [2.45, 2.75) is 19.9 Å². The van der Waals surface area contributed by atoms with Gasteiger partial charge in [-0.1, -0.05) is 6.07 Å². The normalized spacial score (nSPS) is 10.8. The Bertz CT molecular complexity index is 607. The van der Waals surface area contributed by atoms with Gasteiger partial charge < -0.3 is 9.88 Å². The molecule has 0 unspecified atom stereocenters. The molecule has 3 nitrogen and oxygen atoms in total. The standard InChI is InChI=1S/C14H14BrFN2O/c1-9(2)18-8-10(15)6-13(18)14(19)17-12-5-3-4-11(16)7-12/h3-9H,1-2H3,(H,17,19). The van der Waals surface area contributed by atoms with E-state index >= 15 is 0 Å². The van der Waals surface area contributed by atoms with Gasteiger partial charge in [-0.05, 0) is 54.0 Å². The minimum atomic E-state index is -0.377. The summed E-state index contributed by atoms with van der Waals surface area (Å²) in [6.07, 6.45) is 1.85. The van der Waals surface area contributed by atoms with E-state index in [4.69, 9.17) is 0 Å². The largest absolute Gasteiger partial charge is 0.340 e. The van der Waals surface area contributed by atoms with Crippen LogP contribution in [0.2, 0.25) is 0 Å². The zero-order valence-corrected chi connectivity index (χ0v) is 12.2. The summed E-state index contributed by atoms with van der Waals surface area (Å²) in [7, 11) is 0. The van der Waals surface area contributed by atoms with E-state index in [2.05, 4.69) is 21.2 Å². The smallest absolute Gasteiger partial charge is 0.272 e. The van der Waals surface area contributed by atoms with E-state index in [0.717, 1.165) is 4.47 Å². The molecule has 0 aliphatic heterocycles. The molecule has 0 fully saturated rings. The number of halogens is 2. The van der Waals surface area contributed by atoms with Crippen LogP contribution in [-0.4, -0.2) is 10.5 Å². The first-order valence-electron chi connectivity index (χ1n) is 5.91. The quantitative estimate of drug-likeness (QED) is 0.901. The maximum atomic E-state index is 13.1. The molecule has 1 aromatic heterocycles. The molecule has 2 aromatic rings. The molecule has 1 heterocycles. The Morgan fingerprint density at radius 1 is 1.37 bits per heavy atom. The topological polar surface area (TPSA) is 34.0 Å². The lowest BCUT2D eigenvalue weighted by molar-refractivity contribution is 0.101. The van der Waals surface area contributed by atoms with E-state index in [0.29, 0.717) is 11.4 Å². The van der Waals surface area contributed by atoms with Crippen molar-refractivity contribution in [2.75, 3.05) is 5.32 Å². The van der Waals surface area contributed by atoms with Crippen LogP contribution in [-0.2, 0) is 0 Å². The summed E-state index contributed by atoms with van der Waals surface area (Å²) in [4.78, 5) is 12.2. The van der Waals surface area contributed by atoms with Crippen LogP contribution in [0.25, 0.3) is 0 Å². The van der Waals surface area contributed by atoms with Crippen molar-refractivity contribution >= 4 is 27.5 Å². The minimum Gasteiger partial charge on any atom is -0.340 e. The highest BCUT2D eigenvalue weighted by atomic mass is 79.9. The fourth-order valence-corrected chi connectivity index (χ4v) is 2.25. The summed E-state index contributed by atoms with van der Waals surface area (Å²) in [5.41, 5.74) is 0.976. The molecule has 1 aromatic carbocycles. The molecule has 0 atom stereocenters. The molecule has 0 aliphatic rings. The number of nitrogens with one attached hydrogen (secondary N) is 1. The Hall–Kier alpha value is -1.62. The van der Waals surface area contributed by atoms with E-state index in [1.54, 1.807) is 18.2 Å². The number of hydrogen-bond donors (Lipinski definition) is 1. The summed E-state index contributed by atoms with van der Waals surface area (Å²) in [5.74, 6) is -0.636. The lowest BCUT2D eigenvalue weighted by Gasteiger charge is -2.12. The number of carbonyl (C=O) groups is 1. The fraction of sp³-hybridized carbons (Fsp3) is 0.214. The first kappa shape index (κ1) is 13.8. The number of aromatic nitrogens is 1. The SMILES string of the molecule is CC(C)n1cc(Br)cc1C(=O)Nc1cccc(F)c1. The van der Waals surface area contributed by atoms with Crippen LogP contribution >= 0.6 is 15.9 Å². The molecule has 1 amide bonds. The Labute approximate surface area is 119 Å². The number of rotatable bonds is 3. The van der Waals surface area contributed by atoms with Crippen LogP contribution in [0, 0.1) is 5.82 Å². The molecule has 0 saturated heterocycles. The van der Waals surface area contributed by atoms with Crippen molar-refractivity contribution in [3.8, 4) is 0 Å². The van der Waals surface area contributed by atoms with Crippen molar-refractivity contribution in [1.82, 2.24) is 4.57 Å². The van der Waals surface area contributed by atoms with E-state index in [1.807, 2.05) is 24.6 Å². The molecule has 100 valence electrons. The van der Waals surface area contributed by atoms with Gasteiger partial charge in [-0.15, -0.1) is 0 Å². The molecule has 0 radical (unpaired) electrons. The zero-order chi connectivity index (χ0) is 14.0. The van der Waals surface area contributed by atoms with Gasteiger partial charge in [-0.2, -0.15) is 0 Å². The van der Waals surface area contributed by atoms with Gasteiger partial charge in [0.1, 0.15) is 11.5 Å². The molecule has 1 N–H and O–H groups in total. The second-order valence-corrected chi connectivity index (χ2v) is 5.42. The number of anilines is 1. The summed E-state index contributed by atoms with van der Waals surface area (Å²) < 4.78 is 15.8. The fourth-order valence-electron chi connectivity index (χ4n) is 1.82. The molecule has 0 bridgehead atoms. The molecular formula is C14H14BrFN2O. The predicted molar refractivity (Wildman–Crippen MR) is 76.9 cm³/mol. The number of benzene rings is 1. The van der Waals surface area contributed by atoms with Crippen molar-refractivity contribution in [3.63, 3.8) is 0 Å². The Morgan fingerprint density at radius 2 is 2.11 bits per heavy atom. The highest BCUT2D eigenvalue weighted by Crippen LogP contribution is 2.20. The third kappa shape index (κ3) is 3.23. The number of carbonyl (C=O) groups excluding carboxylic acids is 1. The van der Waals surface area contributed by atoms with Crippen molar-refractivity contribution in [1.29, 1.82) is 0 Å². The van der Waals surface area contributed by atoms with Crippen LogP contribution < -0.4 is 5.32 Å². The maximum Gasteiger partial charge on any atom is 0.272 e. The maximum absolute atomic E-state index is 13.1. The lowest BCUT2D eigenvalue weighted by atomic mass is 10.3. The van der Waals surface area contributed by atoms with Gasteiger partial charge >= 0.3 is 0 Å². The highest BCUT2D eigenvalue weighted by molar-refractivity contribution is 9.10. The van der Waals surface area contributed by atoms with Gasteiger partial charge in [0.15, 0.2) is 0 Å². The van der Waals surface area contributed by atoms with Gasteiger partial charge in [0.2, 0.25) is 0 Å². The van der Waals surface area contributed by atoms with Crippen LogP contribution in [0.3, 0.4) is 0 Å². The zero-order valence-electron chi connectivity index (χ0n) is 10.7. The number of amides is 1. The third-order valence-corrected chi connectivity index (χ3v) is 3.12. The molecule has 0 aliphatic carbocycles. The Morgan fingerprint density at radius 3 is 2.74 bits per heavy atom. The first-order valence-corrected chi connectivity index (χ1v) is 6.71. The van der Waals surface area contributed by atoms with E-state index in [1.165, 1.54) is 12.1 Å². The summed E-state index contributed by atoms with van der Waals surface area (Å²) in [5, 5.41) is 2.69. The molecule has 2 rings (SSSR count). The van der Waals surface area contributed by atoms with Gasteiger partial charge in [0.25, 0.3) is 5.91 Å². The highest BCUT2D eigenvalue weighted by Gasteiger charge is 2.15. The van der Waals surface area contributed by atoms with E-state index < -0.39 is 0 Å². The minimum absolute atomic E-state index is 0.166. The van der Waals surface area contributed by atoms with Crippen molar-refractivity contribution in [2.24, 2.45) is 0 Å². The van der Waals surface area contributed by atoms with E-state index in [-0.39, 0.29) is 17.8 Å². The van der Waals surface area contributed by atoms with Gasteiger partial charge in [-0.3, -0.25) is 4.79 Å². The molecule has 0 spiro atoms. The van der Waals surface area contributed by atoms with Crippen molar-refractivity contribution in [3.05, 3.63) is 52.5 Å². The van der Waals surface area contributed by atoms with Crippen LogP contribution in [0.15, 0.2) is 41.0 Å². The summed E-state index contributed by atoms with van der Waals surface area (Å²) in [6.45, 7) is 3.98. The van der Waals surface area contributed by atoms with Crippen LogP contribution in [0.4, 0.5) is 10.1 Å². The first-order chi connectivity index (χ1) is 8.97. The monoisotopic (exact) mass is 324 g/mol. The Kier molecular flexibility index (Phi) is 4.04. The summed E-state index contributed by atoms with van der Waals surface area (Å²) in [6, 6.07) is 7.74. The number of hydrogen-bond acceptors (Lipinski definition) is 1. The third-order valence-electron chi connectivity index (χ3n) is 2.69. The lowest BCUT2D eigenvalue weighted by Crippen LogP contribution is -2.17. The number of nitrogens with zero attached hydrogens (tertiary/aromatic N) is 1. The molecule has 0 saturated carbocycles. The predicted octanol–water partition coefficient (Wildman–Crippen LogP) is 4.22. The average molecular weight is 325 g/mol. The van der Waals surface area contributed by atoms with Gasteiger partial charge in [-0.25, -0.2) is 4.39 Å². The van der Waals surface area contributed by atoms with Gasteiger partial charge in [0.05, 0.1) is 0 Å². The molecule has 19 heavy (non-hydrogen) atoms. The second-order valence-electron chi connectivity index (χ2n) is 4.51. The van der Waals surface area contributed by atoms with Gasteiger partial charge in [0, 0.05) is 22.4 Å². The Balaban J connectivity index is 2.25. The molecular weight excluding hydrogens is 311 g/mol. The van der Waals surface area contributed by atoms with Crippen LogP contribution in [0.5, 0.6) is 0 Å². The van der Waals surface area contributed by atoms with E-state index in [9.17, 15) is 9.18 Å². The molecule has 5 heteroatoms. The van der Waals surface area contributed by atoms with Crippen LogP contribution in [0.1, 0.15) is 30.4 Å². The van der Waals surface area contributed by atoms with Crippen molar-refractivity contribution < 1.29 is 9.18 Å². The second kappa shape index (κ2) is 5.57. The average Bonchev–Trinajstić information content (AvgIpc) is 2.71.